The smallest absolute Gasteiger partial charge is 0.128 e. The maximum absolute atomic E-state index is 12.3. The first-order valence-corrected chi connectivity index (χ1v) is 25.9. The molecule has 0 aliphatic heterocycles. The van der Waals surface area contributed by atoms with Gasteiger partial charge in [0.1, 0.15) is 11.5 Å². The number of hydrogen-bond acceptors (Lipinski definition) is 6. The summed E-state index contributed by atoms with van der Waals surface area (Å²) in [7, 11) is 0. The number of benzene rings is 8. The van der Waals surface area contributed by atoms with E-state index in [2.05, 4.69) is 248 Å². The van der Waals surface area contributed by atoms with Crippen molar-refractivity contribution in [3.8, 4) is 11.5 Å². The topological polar surface area (TPSA) is 105 Å². The summed E-state index contributed by atoms with van der Waals surface area (Å²) < 4.78 is 0. The van der Waals surface area contributed by atoms with E-state index in [0.29, 0.717) is 11.1 Å². The van der Waals surface area contributed by atoms with Crippen LogP contribution in [0.15, 0.2) is 216 Å². The molecule has 0 aromatic heterocycles. The zero-order chi connectivity index (χ0) is 52.5. The standard InChI is InChI=1S/C66H66N2O2.C2H4O2.Co/c1-63(2,3)57-43-55(65(49-27-13-7-14-28-49,50-29-15-8-16-30-50)51-31-17-9-18-32-51)41-47(61(57)69)45-67-59-39-25-26-40-60(59)68-46-48-42-56(44-58(62(48)70)64(4,5)6)66(52-33-19-10-20-34-52,53-35-21-11-22-36-53)54-37-23-12-24-38-54;1-2(3)4;/h7-24,27-38,41-46,59-60,69-70H,25-26,39-40H2,1-6H3;1H3,(H,3,4);/p-1/t59-,60-;;/m1../s1. The monoisotopic (exact) mass is 1040 g/mol. The first kappa shape index (κ1) is 55.4. The van der Waals surface area contributed by atoms with Gasteiger partial charge in [0.2, 0.25) is 0 Å². The predicted octanol–water partition coefficient (Wildman–Crippen LogP) is 14.1. The number of hydrogen-bond donors (Lipinski definition) is 2. The molecular weight excluding hydrogens is 968 g/mol. The van der Waals surface area contributed by atoms with Crippen LogP contribution in [0.5, 0.6) is 11.5 Å². The average molecular weight is 1040 g/mol. The van der Waals surface area contributed by atoms with Crippen LogP contribution in [0.25, 0.3) is 0 Å². The number of aromatic hydroxyl groups is 2. The minimum atomic E-state index is -1.08. The van der Waals surface area contributed by atoms with Crippen molar-refractivity contribution < 1.29 is 36.9 Å². The number of carbonyl (C=O) groups is 1. The molecule has 8 aromatic rings. The van der Waals surface area contributed by atoms with Crippen molar-refractivity contribution in [1.82, 2.24) is 0 Å². The normalized spacial score (nSPS) is 15.2. The quantitative estimate of drug-likeness (QED) is 0.0939. The second kappa shape index (κ2) is 23.9. The first-order valence-electron chi connectivity index (χ1n) is 25.9. The number of rotatable bonds is 12. The van der Waals surface area contributed by atoms with Crippen LogP contribution in [0.3, 0.4) is 0 Å². The van der Waals surface area contributed by atoms with E-state index in [9.17, 15) is 10.2 Å². The van der Waals surface area contributed by atoms with Gasteiger partial charge >= 0.3 is 0 Å². The molecule has 8 aromatic carbocycles. The maximum Gasteiger partial charge on any atom is 0.128 e. The molecule has 0 bridgehead atoms. The Morgan fingerprint density at radius 1 is 0.440 bits per heavy atom. The van der Waals surface area contributed by atoms with Gasteiger partial charge in [-0.3, -0.25) is 9.98 Å². The van der Waals surface area contributed by atoms with Crippen molar-refractivity contribution in [2.45, 2.75) is 108 Å². The Morgan fingerprint density at radius 2 is 0.667 bits per heavy atom. The van der Waals surface area contributed by atoms with Gasteiger partial charge in [-0.25, -0.2) is 0 Å². The van der Waals surface area contributed by atoms with Crippen molar-refractivity contribution in [2.24, 2.45) is 9.98 Å². The van der Waals surface area contributed by atoms with Crippen LogP contribution in [0.1, 0.15) is 141 Å². The number of nitrogens with zero attached hydrogens (tertiary/aromatic N) is 2. The molecule has 2 atom stereocenters. The van der Waals surface area contributed by atoms with Gasteiger partial charge in [0.15, 0.2) is 0 Å². The molecule has 75 heavy (non-hydrogen) atoms. The van der Waals surface area contributed by atoms with E-state index < -0.39 is 16.8 Å². The molecule has 0 saturated heterocycles. The van der Waals surface area contributed by atoms with Crippen molar-refractivity contribution in [2.75, 3.05) is 0 Å². The van der Waals surface area contributed by atoms with E-state index in [4.69, 9.17) is 19.9 Å². The molecule has 0 unspecified atom stereocenters. The zero-order valence-corrected chi connectivity index (χ0v) is 45.2. The summed E-state index contributed by atoms with van der Waals surface area (Å²) in [6.07, 6.45) is 7.62. The number of carbonyl (C=O) groups excluding carboxylic acids is 1. The Bertz CT molecular complexity index is 2770. The molecule has 0 heterocycles. The molecule has 385 valence electrons. The molecule has 7 heteroatoms. The largest absolute Gasteiger partial charge is 0.550 e. The van der Waals surface area contributed by atoms with Gasteiger partial charge in [-0.1, -0.05) is 236 Å². The average Bonchev–Trinajstić information content (AvgIpc) is 3.40. The number of carboxylic acid groups (broad SMARTS) is 1. The van der Waals surface area contributed by atoms with Crippen molar-refractivity contribution in [3.63, 3.8) is 0 Å². The van der Waals surface area contributed by atoms with E-state index in [1.54, 1.807) is 0 Å². The number of phenols is 2. The van der Waals surface area contributed by atoms with Crippen LogP contribution in [0.2, 0.25) is 0 Å². The Labute approximate surface area is 455 Å². The first-order chi connectivity index (χ1) is 35.6. The summed E-state index contributed by atoms with van der Waals surface area (Å²) in [5.41, 5.74) is 9.88. The predicted molar refractivity (Wildman–Crippen MR) is 302 cm³/mol. The number of carboxylic acids is 1. The van der Waals surface area contributed by atoms with Gasteiger partial charge in [0, 0.05) is 57.4 Å². The molecule has 1 aliphatic rings. The molecule has 2 N–H and O–H groups in total. The molecule has 9 rings (SSSR count). The number of aliphatic imine (C=N–C) groups is 2. The summed E-state index contributed by atoms with van der Waals surface area (Å²) in [5.74, 6) is -0.594. The summed E-state index contributed by atoms with van der Waals surface area (Å²) in [6.45, 7) is 13.9. The second-order valence-electron chi connectivity index (χ2n) is 21.6. The Balaban J connectivity index is 0.00000158. The van der Waals surface area contributed by atoms with Crippen molar-refractivity contribution >= 4 is 18.4 Å². The van der Waals surface area contributed by atoms with Crippen molar-refractivity contribution in [3.05, 3.63) is 273 Å². The van der Waals surface area contributed by atoms with Gasteiger partial charge in [-0.2, -0.15) is 0 Å². The van der Waals surface area contributed by atoms with Crippen LogP contribution in [-0.4, -0.2) is 40.7 Å². The molecule has 1 fully saturated rings. The van der Waals surface area contributed by atoms with E-state index in [-0.39, 0.29) is 51.2 Å². The Morgan fingerprint density at radius 3 is 0.880 bits per heavy atom. The fourth-order valence-corrected chi connectivity index (χ4v) is 11.0. The second-order valence-corrected chi connectivity index (χ2v) is 21.6. The van der Waals surface area contributed by atoms with Crippen LogP contribution >= 0.6 is 0 Å². The molecule has 0 amide bonds. The summed E-state index contributed by atoms with van der Waals surface area (Å²) in [4.78, 5) is 19.6. The van der Waals surface area contributed by atoms with Crippen LogP contribution in [0, 0.1) is 0 Å². The van der Waals surface area contributed by atoms with Gasteiger partial charge in [0.05, 0.1) is 22.9 Å². The van der Waals surface area contributed by atoms with Gasteiger partial charge in [0.25, 0.3) is 0 Å². The zero-order valence-electron chi connectivity index (χ0n) is 44.2. The Kier molecular flexibility index (Phi) is 17.7. The van der Waals surface area contributed by atoms with E-state index in [1.807, 2.05) is 12.4 Å². The summed E-state index contributed by atoms with van der Waals surface area (Å²) >= 11 is 0. The molecule has 6 nitrogen and oxygen atoms in total. The molecular formula is C68H69CoN2O4-. The van der Waals surface area contributed by atoms with E-state index in [1.165, 1.54) is 0 Å². The van der Waals surface area contributed by atoms with Gasteiger partial charge in [-0.05, 0) is 99.4 Å². The van der Waals surface area contributed by atoms with Gasteiger partial charge in [-0.15, -0.1) is 0 Å². The third-order valence-electron chi connectivity index (χ3n) is 14.5. The minimum Gasteiger partial charge on any atom is -0.550 e. The van der Waals surface area contributed by atoms with Crippen LogP contribution < -0.4 is 5.11 Å². The number of phenolic OH excluding ortho intramolecular Hbond substituents is 2. The summed E-state index contributed by atoms with van der Waals surface area (Å²) in [6, 6.07) is 72.8. The van der Waals surface area contributed by atoms with Crippen LogP contribution in [0.4, 0.5) is 0 Å². The van der Waals surface area contributed by atoms with E-state index in [0.717, 1.165) is 88.2 Å². The van der Waals surface area contributed by atoms with Crippen molar-refractivity contribution in [1.29, 1.82) is 0 Å². The van der Waals surface area contributed by atoms with E-state index >= 15 is 0 Å². The molecule has 1 aliphatic carbocycles. The fraction of sp³-hybridized carbons (Fsp3) is 0.250. The fourth-order valence-electron chi connectivity index (χ4n) is 11.0. The van der Waals surface area contributed by atoms with Gasteiger partial charge < -0.3 is 20.1 Å². The van der Waals surface area contributed by atoms with Crippen LogP contribution in [-0.2, 0) is 43.2 Å². The molecule has 1 saturated carbocycles. The summed E-state index contributed by atoms with van der Waals surface area (Å²) in [5, 5.41) is 33.5. The third-order valence-corrected chi connectivity index (χ3v) is 14.5. The SMILES string of the molecule is CC(=O)[O-].CC(C)(C)c1cc(C(c2ccccc2)(c2ccccc2)c2ccccc2)cc(C=N[C@@H]2CCCC[C@H]2N=Cc2cc(C(c3ccccc3)(c3ccccc3)c3ccccc3)cc(C(C)(C)C)c2O)c1O.[Co]. The number of aliphatic carboxylic acids is 1. The third kappa shape index (κ3) is 11.8. The molecule has 0 spiro atoms. The minimum absolute atomic E-state index is 0. The Hall–Kier alpha value is -7.32. The molecule has 1 radical (unpaired) electrons. The maximum atomic E-state index is 12.3.